The molecule has 0 aliphatic carbocycles. The Morgan fingerprint density at radius 3 is 2.48 bits per heavy atom. The number of benzene rings is 2. The van der Waals surface area contributed by atoms with Crippen molar-refractivity contribution in [2.75, 3.05) is 16.6 Å². The average molecular weight is 415 g/mol. The fourth-order valence-corrected chi connectivity index (χ4v) is 3.72. The lowest BCUT2D eigenvalue weighted by Crippen LogP contribution is -2.15. The summed E-state index contributed by atoms with van der Waals surface area (Å²) in [6.07, 6.45) is 0. The van der Waals surface area contributed by atoms with Crippen LogP contribution in [0.25, 0.3) is 0 Å². The summed E-state index contributed by atoms with van der Waals surface area (Å²) >= 11 is 0. The quantitative estimate of drug-likeness (QED) is 0.608. The van der Waals surface area contributed by atoms with Crippen LogP contribution in [0.2, 0.25) is 0 Å². The molecule has 0 saturated carbocycles. The minimum Gasteiger partial charge on any atom is -0.494 e. The molecule has 9 heteroatoms. The van der Waals surface area contributed by atoms with E-state index in [1.165, 1.54) is 18.2 Å². The molecule has 0 unspecified atom stereocenters. The molecule has 8 nitrogen and oxygen atoms in total. The normalized spacial score (nSPS) is 11.1. The van der Waals surface area contributed by atoms with Gasteiger partial charge < -0.3 is 14.6 Å². The first-order valence-electron chi connectivity index (χ1n) is 8.90. The fraction of sp³-hybridized carbons (Fsp3) is 0.200. The Kier molecular flexibility index (Phi) is 5.88. The van der Waals surface area contributed by atoms with Crippen LogP contribution in [0.15, 0.2) is 57.9 Å². The first-order chi connectivity index (χ1) is 13.8. The molecule has 2 aromatic carbocycles. The van der Waals surface area contributed by atoms with Gasteiger partial charge in [-0.05, 0) is 63.2 Å². The number of aryl methyl sites for hydroxylation is 2. The maximum absolute atomic E-state index is 12.6. The van der Waals surface area contributed by atoms with Crippen LogP contribution in [-0.2, 0) is 10.0 Å². The molecular formula is C20H21N3O5S. The summed E-state index contributed by atoms with van der Waals surface area (Å²) in [7, 11) is -3.81. The second kappa shape index (κ2) is 8.36. The number of hydrogen-bond acceptors (Lipinski definition) is 6. The zero-order valence-corrected chi connectivity index (χ0v) is 17.0. The number of anilines is 2. The topological polar surface area (TPSA) is 111 Å². The average Bonchev–Trinajstić information content (AvgIpc) is 3.00. The highest BCUT2D eigenvalue weighted by Crippen LogP contribution is 2.22. The predicted molar refractivity (Wildman–Crippen MR) is 109 cm³/mol. The first-order valence-corrected chi connectivity index (χ1v) is 10.4. The van der Waals surface area contributed by atoms with Gasteiger partial charge in [-0.2, -0.15) is 0 Å². The lowest BCUT2D eigenvalue weighted by Gasteiger charge is -2.10. The molecule has 0 bridgehead atoms. The van der Waals surface area contributed by atoms with Crippen molar-refractivity contribution in [2.24, 2.45) is 0 Å². The van der Waals surface area contributed by atoms with Crippen molar-refractivity contribution >= 4 is 27.3 Å². The maximum atomic E-state index is 12.6. The fourth-order valence-electron chi connectivity index (χ4n) is 2.67. The Labute approximate surface area is 168 Å². The van der Waals surface area contributed by atoms with E-state index in [1.54, 1.807) is 44.2 Å². The second-order valence-electron chi connectivity index (χ2n) is 6.24. The summed E-state index contributed by atoms with van der Waals surface area (Å²) in [6, 6.07) is 12.3. The number of carbonyl (C=O) groups is 1. The number of rotatable bonds is 7. The van der Waals surface area contributed by atoms with Gasteiger partial charge in [-0.1, -0.05) is 11.2 Å². The van der Waals surface area contributed by atoms with E-state index in [0.717, 1.165) is 0 Å². The number of nitrogens with zero attached hydrogens (tertiary/aromatic N) is 1. The summed E-state index contributed by atoms with van der Waals surface area (Å²) < 4.78 is 38.1. The summed E-state index contributed by atoms with van der Waals surface area (Å²) in [6.45, 7) is 5.75. The number of ether oxygens (including phenoxy) is 1. The van der Waals surface area contributed by atoms with Crippen LogP contribution in [0.5, 0.6) is 5.75 Å². The summed E-state index contributed by atoms with van der Waals surface area (Å²) in [4.78, 5) is 12.6. The van der Waals surface area contributed by atoms with Gasteiger partial charge in [-0.3, -0.25) is 9.52 Å². The first kappa shape index (κ1) is 20.4. The van der Waals surface area contributed by atoms with Crippen LogP contribution in [0.1, 0.15) is 28.7 Å². The predicted octanol–water partition coefficient (Wildman–Crippen LogP) is 3.74. The van der Waals surface area contributed by atoms with Crippen LogP contribution in [0.3, 0.4) is 0 Å². The molecular weight excluding hydrogens is 394 g/mol. The number of carbonyl (C=O) groups excluding carboxylic acids is 1. The number of aromatic nitrogens is 1. The van der Waals surface area contributed by atoms with E-state index in [1.807, 2.05) is 6.92 Å². The Morgan fingerprint density at radius 1 is 1.14 bits per heavy atom. The van der Waals surface area contributed by atoms with Crippen LogP contribution in [0.4, 0.5) is 11.4 Å². The molecule has 0 fully saturated rings. The molecule has 0 aliphatic heterocycles. The van der Waals surface area contributed by atoms with Crippen LogP contribution in [-0.4, -0.2) is 26.1 Å². The Bertz CT molecular complexity index is 1100. The highest BCUT2D eigenvalue weighted by molar-refractivity contribution is 7.92. The van der Waals surface area contributed by atoms with Crippen molar-refractivity contribution in [1.82, 2.24) is 5.16 Å². The number of nitrogens with one attached hydrogen (secondary N) is 2. The van der Waals surface area contributed by atoms with Gasteiger partial charge in [-0.15, -0.1) is 0 Å². The van der Waals surface area contributed by atoms with Gasteiger partial charge in [0.15, 0.2) is 5.76 Å². The van der Waals surface area contributed by atoms with Gasteiger partial charge in [-0.25, -0.2) is 8.42 Å². The van der Waals surface area contributed by atoms with Crippen LogP contribution in [0, 0.1) is 13.8 Å². The summed E-state index contributed by atoms with van der Waals surface area (Å²) in [5.41, 5.74) is 1.61. The van der Waals surface area contributed by atoms with Gasteiger partial charge >= 0.3 is 0 Å². The van der Waals surface area contributed by atoms with Crippen molar-refractivity contribution in [3.8, 4) is 5.75 Å². The maximum Gasteiger partial charge on any atom is 0.261 e. The lowest BCUT2D eigenvalue weighted by molar-refractivity contribution is 0.102. The van der Waals surface area contributed by atoms with Crippen molar-refractivity contribution in [3.63, 3.8) is 0 Å². The zero-order chi connectivity index (χ0) is 21.0. The molecule has 0 spiro atoms. The van der Waals surface area contributed by atoms with E-state index in [4.69, 9.17) is 9.26 Å². The van der Waals surface area contributed by atoms with Gasteiger partial charge in [0.05, 0.1) is 11.5 Å². The molecule has 1 amide bonds. The molecule has 29 heavy (non-hydrogen) atoms. The Balaban J connectivity index is 1.77. The molecule has 3 rings (SSSR count). The molecule has 0 atom stereocenters. The van der Waals surface area contributed by atoms with E-state index < -0.39 is 15.9 Å². The van der Waals surface area contributed by atoms with E-state index in [-0.39, 0.29) is 16.1 Å². The third kappa shape index (κ3) is 4.75. The summed E-state index contributed by atoms with van der Waals surface area (Å²) in [5, 5.41) is 6.52. The van der Waals surface area contributed by atoms with Gasteiger partial charge in [0.25, 0.3) is 15.9 Å². The lowest BCUT2D eigenvalue weighted by atomic mass is 10.2. The zero-order valence-electron chi connectivity index (χ0n) is 16.2. The van der Waals surface area contributed by atoms with Gasteiger partial charge in [0.1, 0.15) is 17.1 Å². The largest absolute Gasteiger partial charge is 0.494 e. The molecule has 3 aromatic rings. The van der Waals surface area contributed by atoms with Gasteiger partial charge in [0, 0.05) is 11.3 Å². The SMILES string of the molecule is CCOc1ccc(S(=O)(=O)Nc2cccc(C(=O)Nc3c(C)noc3C)c2)cc1. The second-order valence-corrected chi connectivity index (χ2v) is 7.93. The van der Waals surface area contributed by atoms with E-state index in [2.05, 4.69) is 15.2 Å². The van der Waals surface area contributed by atoms with Crippen LogP contribution < -0.4 is 14.8 Å². The molecule has 2 N–H and O–H groups in total. The highest BCUT2D eigenvalue weighted by atomic mass is 32.2. The monoisotopic (exact) mass is 415 g/mol. The van der Waals surface area contributed by atoms with Crippen molar-refractivity contribution in [2.45, 2.75) is 25.7 Å². The Hall–Kier alpha value is -3.33. The molecule has 1 heterocycles. The molecule has 0 radical (unpaired) electrons. The minimum absolute atomic E-state index is 0.0894. The number of amides is 1. The van der Waals surface area contributed by atoms with E-state index in [9.17, 15) is 13.2 Å². The van der Waals surface area contributed by atoms with Crippen LogP contribution >= 0.6 is 0 Å². The number of sulfonamides is 1. The third-order valence-electron chi connectivity index (χ3n) is 4.09. The third-order valence-corrected chi connectivity index (χ3v) is 5.49. The molecule has 152 valence electrons. The van der Waals surface area contributed by atoms with E-state index in [0.29, 0.717) is 29.5 Å². The van der Waals surface area contributed by atoms with Crippen molar-refractivity contribution in [3.05, 3.63) is 65.5 Å². The van der Waals surface area contributed by atoms with Crippen molar-refractivity contribution < 1.29 is 22.5 Å². The molecule has 1 aromatic heterocycles. The summed E-state index contributed by atoms with van der Waals surface area (Å²) in [5.74, 6) is 0.675. The standard InChI is InChI=1S/C20H21N3O5S/c1-4-27-17-8-10-18(11-9-17)29(25,26)23-16-7-5-6-15(12-16)20(24)21-19-13(2)22-28-14(19)3/h5-12,23H,4H2,1-3H3,(H,21,24). The molecule has 0 aliphatic rings. The van der Waals surface area contributed by atoms with E-state index >= 15 is 0 Å². The molecule has 0 saturated heterocycles. The van der Waals surface area contributed by atoms with Crippen molar-refractivity contribution in [1.29, 1.82) is 0 Å². The highest BCUT2D eigenvalue weighted by Gasteiger charge is 2.17. The minimum atomic E-state index is -3.81. The Morgan fingerprint density at radius 2 is 1.86 bits per heavy atom. The smallest absolute Gasteiger partial charge is 0.261 e. The number of hydrogen-bond donors (Lipinski definition) is 2. The van der Waals surface area contributed by atoms with Gasteiger partial charge in [0.2, 0.25) is 0 Å².